The van der Waals surface area contributed by atoms with E-state index in [2.05, 4.69) is 30.5 Å². The number of unbranched alkanes of at least 4 members (excludes halogenated alkanes) is 16. The SMILES string of the molecule is CCCCC/C=C\C/C=C\CC(O)/C=C\C=C\CCCC(=O)OC[C@H](COP(=O)(O)OC[C@H](N)C(=O)O)OC(=O)CCCCCCCCCCCCCCC. The highest BCUT2D eigenvalue weighted by Crippen LogP contribution is 2.43. The zero-order chi connectivity index (χ0) is 40.8. The summed E-state index contributed by atoms with van der Waals surface area (Å²) in [7, 11) is -4.74. The molecule has 0 fully saturated rings. The quantitative estimate of drug-likeness (QED) is 0.0152. The van der Waals surface area contributed by atoms with Crippen LogP contribution >= 0.6 is 7.82 Å². The van der Waals surface area contributed by atoms with Gasteiger partial charge in [0.15, 0.2) is 6.10 Å². The van der Waals surface area contributed by atoms with Crippen LogP contribution in [-0.4, -0.2) is 71.1 Å². The molecule has 2 unspecified atom stereocenters. The Morgan fingerprint density at radius 2 is 1.20 bits per heavy atom. The molecular weight excluding hydrogens is 725 g/mol. The second kappa shape index (κ2) is 37.0. The second-order valence-electron chi connectivity index (χ2n) is 14.0. The number of aliphatic hydroxyl groups excluding tert-OH is 1. The van der Waals surface area contributed by atoms with Crippen LogP contribution in [0.4, 0.5) is 0 Å². The average molecular weight is 800 g/mol. The lowest BCUT2D eigenvalue weighted by molar-refractivity contribution is -0.161. The van der Waals surface area contributed by atoms with Crippen LogP contribution < -0.4 is 5.73 Å². The Kier molecular flexibility index (Phi) is 35.3. The largest absolute Gasteiger partial charge is 0.480 e. The lowest BCUT2D eigenvalue weighted by Gasteiger charge is -2.20. The van der Waals surface area contributed by atoms with E-state index in [4.69, 9.17) is 24.8 Å². The summed E-state index contributed by atoms with van der Waals surface area (Å²) in [6.45, 7) is 2.61. The molecule has 0 aliphatic heterocycles. The number of carboxylic acids is 1. The summed E-state index contributed by atoms with van der Waals surface area (Å²) in [6.07, 6.45) is 36.4. The molecule has 0 aromatic rings. The van der Waals surface area contributed by atoms with Gasteiger partial charge in [0.1, 0.15) is 12.6 Å². The standard InChI is InChI=1S/C42H74NO11P/c1-3-5-7-9-11-13-14-15-16-18-20-24-29-33-41(46)54-38(35-52-55(49,50)53-36-39(43)42(47)48)34-51-40(45)32-28-25-21-23-27-31-37(44)30-26-22-19-17-12-10-8-6-4-2/h12,17,21-23,26-27,31,37-39,44H,3-11,13-16,18-20,24-25,28-30,32-36,43H2,1-2H3,(H,47,48)(H,49,50)/b17-12-,23-21+,26-22-,31-27-/t37?,38-,39+/m1/s1. The van der Waals surface area contributed by atoms with Crippen LogP contribution in [0.2, 0.25) is 0 Å². The topological polar surface area (TPSA) is 192 Å². The minimum absolute atomic E-state index is 0.0870. The number of allylic oxidation sites excluding steroid dienone is 6. The van der Waals surface area contributed by atoms with Gasteiger partial charge in [-0.05, 0) is 44.9 Å². The number of hydrogen-bond acceptors (Lipinski definition) is 10. The van der Waals surface area contributed by atoms with E-state index in [0.29, 0.717) is 25.7 Å². The molecule has 4 atom stereocenters. The van der Waals surface area contributed by atoms with Crippen molar-refractivity contribution in [2.24, 2.45) is 5.73 Å². The molecule has 0 spiro atoms. The summed E-state index contributed by atoms with van der Waals surface area (Å²) < 4.78 is 32.5. The number of hydrogen-bond donors (Lipinski definition) is 4. The van der Waals surface area contributed by atoms with Gasteiger partial charge in [0.05, 0.1) is 19.3 Å². The van der Waals surface area contributed by atoms with Crippen molar-refractivity contribution >= 4 is 25.7 Å². The molecule has 0 aromatic heterocycles. The first-order valence-electron chi connectivity index (χ1n) is 20.8. The number of carbonyl (C=O) groups excluding carboxylic acids is 2. The number of aliphatic hydroxyl groups is 1. The van der Waals surface area contributed by atoms with Gasteiger partial charge in [0, 0.05) is 12.8 Å². The molecule has 0 rings (SSSR count). The summed E-state index contributed by atoms with van der Waals surface area (Å²) in [5.74, 6) is -2.53. The predicted octanol–water partition coefficient (Wildman–Crippen LogP) is 9.58. The van der Waals surface area contributed by atoms with Gasteiger partial charge in [0.2, 0.25) is 0 Å². The Hall–Kier alpha value is -2.60. The van der Waals surface area contributed by atoms with E-state index in [0.717, 1.165) is 32.1 Å². The first kappa shape index (κ1) is 52.4. The Morgan fingerprint density at radius 3 is 1.84 bits per heavy atom. The van der Waals surface area contributed by atoms with Gasteiger partial charge in [-0.15, -0.1) is 0 Å². The van der Waals surface area contributed by atoms with Gasteiger partial charge in [0.25, 0.3) is 0 Å². The van der Waals surface area contributed by atoms with E-state index >= 15 is 0 Å². The van der Waals surface area contributed by atoms with Gasteiger partial charge in [-0.25, -0.2) is 4.57 Å². The number of phosphoric acid groups is 1. The van der Waals surface area contributed by atoms with Crippen molar-refractivity contribution in [3.8, 4) is 0 Å². The summed E-state index contributed by atoms with van der Waals surface area (Å²) >= 11 is 0. The summed E-state index contributed by atoms with van der Waals surface area (Å²) in [5.41, 5.74) is 5.31. The van der Waals surface area contributed by atoms with Crippen LogP contribution in [-0.2, 0) is 37.5 Å². The van der Waals surface area contributed by atoms with Crippen LogP contribution in [0.1, 0.15) is 162 Å². The normalized spacial score (nSPS) is 14.9. The smallest absolute Gasteiger partial charge is 0.472 e. The fourth-order valence-electron chi connectivity index (χ4n) is 5.31. The van der Waals surface area contributed by atoms with E-state index in [1.165, 1.54) is 77.0 Å². The fraction of sp³-hybridized carbons (Fsp3) is 0.738. The number of carboxylic acid groups (broad SMARTS) is 1. The van der Waals surface area contributed by atoms with Gasteiger partial charge >= 0.3 is 25.7 Å². The summed E-state index contributed by atoms with van der Waals surface area (Å²) in [6, 6.07) is -1.54. The van der Waals surface area contributed by atoms with Gasteiger partial charge in [-0.1, -0.05) is 152 Å². The molecule has 12 nitrogen and oxygen atoms in total. The summed E-state index contributed by atoms with van der Waals surface area (Å²) in [4.78, 5) is 45.8. The van der Waals surface area contributed by atoms with Gasteiger partial charge < -0.3 is 30.3 Å². The van der Waals surface area contributed by atoms with Crippen molar-refractivity contribution in [3.63, 3.8) is 0 Å². The Morgan fingerprint density at radius 1 is 0.655 bits per heavy atom. The highest BCUT2D eigenvalue weighted by atomic mass is 31.2. The fourth-order valence-corrected chi connectivity index (χ4v) is 6.09. The maximum Gasteiger partial charge on any atom is 0.472 e. The average Bonchev–Trinajstić information content (AvgIpc) is 3.15. The third-order valence-electron chi connectivity index (χ3n) is 8.66. The van der Waals surface area contributed by atoms with Crippen molar-refractivity contribution in [2.75, 3.05) is 19.8 Å². The van der Waals surface area contributed by atoms with Crippen molar-refractivity contribution in [2.45, 2.75) is 180 Å². The zero-order valence-electron chi connectivity index (χ0n) is 33.9. The molecular formula is C42H74NO11P. The molecule has 0 aliphatic carbocycles. The number of esters is 2. The first-order chi connectivity index (χ1) is 26.5. The predicted molar refractivity (Wildman–Crippen MR) is 218 cm³/mol. The molecule has 55 heavy (non-hydrogen) atoms. The third-order valence-corrected chi connectivity index (χ3v) is 9.61. The number of ether oxygens (including phenoxy) is 2. The molecule has 13 heteroatoms. The molecule has 0 aromatic carbocycles. The molecule has 0 amide bonds. The van der Waals surface area contributed by atoms with Crippen LogP contribution in [0.5, 0.6) is 0 Å². The van der Waals surface area contributed by atoms with Crippen LogP contribution in [0.15, 0.2) is 48.6 Å². The minimum Gasteiger partial charge on any atom is -0.480 e. The van der Waals surface area contributed by atoms with Crippen molar-refractivity contribution in [3.05, 3.63) is 48.6 Å². The first-order valence-corrected chi connectivity index (χ1v) is 22.3. The van der Waals surface area contributed by atoms with Crippen molar-refractivity contribution in [1.29, 1.82) is 0 Å². The second-order valence-corrected chi connectivity index (χ2v) is 15.4. The van der Waals surface area contributed by atoms with E-state index in [9.17, 15) is 28.9 Å². The number of phosphoric ester groups is 1. The number of carbonyl (C=O) groups is 3. The molecule has 0 heterocycles. The molecule has 0 saturated heterocycles. The molecule has 0 saturated carbocycles. The number of nitrogens with two attached hydrogens (primary N) is 1. The maximum absolute atomic E-state index is 12.6. The maximum atomic E-state index is 12.6. The lowest BCUT2D eigenvalue weighted by atomic mass is 10.0. The van der Waals surface area contributed by atoms with Gasteiger partial charge in [-0.3, -0.25) is 23.4 Å². The summed E-state index contributed by atoms with van der Waals surface area (Å²) in [5, 5.41) is 19.0. The van der Waals surface area contributed by atoms with Crippen LogP contribution in [0.25, 0.3) is 0 Å². The lowest BCUT2D eigenvalue weighted by Crippen LogP contribution is -2.34. The molecule has 0 aliphatic rings. The Labute approximate surface area is 331 Å². The van der Waals surface area contributed by atoms with Crippen molar-refractivity contribution < 1.29 is 52.6 Å². The molecule has 318 valence electrons. The van der Waals surface area contributed by atoms with E-state index < -0.39 is 63.8 Å². The van der Waals surface area contributed by atoms with E-state index in [-0.39, 0.29) is 12.8 Å². The molecule has 5 N–H and O–H groups in total. The minimum atomic E-state index is -4.74. The Bertz CT molecular complexity index is 1140. The van der Waals surface area contributed by atoms with Gasteiger partial charge in [-0.2, -0.15) is 0 Å². The van der Waals surface area contributed by atoms with Crippen LogP contribution in [0, 0.1) is 0 Å². The Balaban J connectivity index is 4.57. The van der Waals surface area contributed by atoms with Crippen LogP contribution in [0.3, 0.4) is 0 Å². The van der Waals surface area contributed by atoms with E-state index in [1.54, 1.807) is 18.2 Å². The zero-order valence-corrected chi connectivity index (χ0v) is 34.8. The number of rotatable bonds is 38. The highest BCUT2D eigenvalue weighted by molar-refractivity contribution is 7.47. The third kappa shape index (κ3) is 36.8. The van der Waals surface area contributed by atoms with Crippen molar-refractivity contribution in [1.82, 2.24) is 0 Å². The highest BCUT2D eigenvalue weighted by Gasteiger charge is 2.28. The molecule has 0 bridgehead atoms. The number of aliphatic carboxylic acids is 1. The molecule has 0 radical (unpaired) electrons. The monoisotopic (exact) mass is 799 g/mol. The van der Waals surface area contributed by atoms with E-state index in [1.807, 2.05) is 18.2 Å².